The Labute approximate surface area is 246 Å². The van der Waals surface area contributed by atoms with Gasteiger partial charge in [-0.2, -0.15) is 0 Å². The third-order valence-corrected chi connectivity index (χ3v) is 8.26. The first-order valence-electron chi connectivity index (χ1n) is 14.2. The van der Waals surface area contributed by atoms with E-state index in [0.29, 0.717) is 0 Å². The Morgan fingerprint density at radius 1 is 0.524 bits per heavy atom. The van der Waals surface area contributed by atoms with Crippen molar-refractivity contribution in [3.8, 4) is 45.0 Å². The van der Waals surface area contributed by atoms with Crippen LogP contribution in [0, 0.1) is 0 Å². The van der Waals surface area contributed by atoms with E-state index < -0.39 is 0 Å². The smallest absolute Gasteiger partial charge is 0.123 e. The second-order valence-corrected chi connectivity index (χ2v) is 11.0. The van der Waals surface area contributed by atoms with Crippen molar-refractivity contribution in [1.29, 1.82) is 0 Å². The zero-order valence-electron chi connectivity index (χ0n) is 24.4. The van der Waals surface area contributed by atoms with Gasteiger partial charge in [0, 0.05) is 74.9 Å². The summed E-state index contributed by atoms with van der Waals surface area (Å²) < 4.78 is 3.99. The number of fused-ring (bicyclic) bond motifs is 10. The molecule has 0 saturated heterocycles. The molecule has 2 aromatic heterocycles. The second-order valence-electron chi connectivity index (χ2n) is 11.0. The molecule has 0 spiro atoms. The summed E-state index contributed by atoms with van der Waals surface area (Å²) >= 11 is 0. The molecule has 208 valence electrons. The molecule has 2 aliphatic rings. The van der Waals surface area contributed by atoms with Crippen LogP contribution in [-0.4, -0.2) is 38.6 Å². The van der Waals surface area contributed by atoms with Crippen LogP contribution >= 0.6 is 0 Å². The largest absolute Gasteiger partial charge is 0.370 e. The molecule has 7 nitrogen and oxygen atoms in total. The van der Waals surface area contributed by atoms with Gasteiger partial charge in [-0.1, -0.05) is 90.1 Å². The summed E-state index contributed by atoms with van der Waals surface area (Å²) in [6.07, 6.45) is 1.91. The molecular formula is C35H33N7. The lowest BCUT2D eigenvalue weighted by Gasteiger charge is -2.26. The maximum absolute atomic E-state index is 4.67. The van der Waals surface area contributed by atoms with Crippen LogP contribution in [0.15, 0.2) is 103 Å². The van der Waals surface area contributed by atoms with Crippen LogP contribution in [-0.2, 0) is 27.2 Å². The number of benzene rings is 4. The highest BCUT2D eigenvalue weighted by atomic mass is 15.4. The van der Waals surface area contributed by atoms with E-state index in [4.69, 9.17) is 0 Å². The van der Waals surface area contributed by atoms with E-state index >= 15 is 0 Å². The normalized spacial score (nSPS) is 13.0. The highest BCUT2D eigenvalue weighted by molar-refractivity contribution is 5.89. The third-order valence-electron chi connectivity index (χ3n) is 8.26. The number of aryl methyl sites for hydroxylation is 2. The number of rotatable bonds is 0. The van der Waals surface area contributed by atoms with Crippen LogP contribution in [0.2, 0.25) is 0 Å². The molecule has 0 fully saturated rings. The van der Waals surface area contributed by atoms with Gasteiger partial charge in [0.15, 0.2) is 0 Å². The SMILES string of the molecule is CN1Cc2ccccc2-c2c(nnn2C)-c2ccccc21.CN1Cc2ccccc2-c2ncn(C)c2-c2ccccc21. The molecule has 0 saturated carbocycles. The monoisotopic (exact) mass is 551 g/mol. The van der Waals surface area contributed by atoms with Crippen LogP contribution in [0.3, 0.4) is 0 Å². The molecule has 7 heteroatoms. The van der Waals surface area contributed by atoms with E-state index in [0.717, 1.165) is 35.7 Å². The Morgan fingerprint density at radius 2 is 1.05 bits per heavy atom. The Morgan fingerprint density at radius 3 is 1.74 bits per heavy atom. The van der Waals surface area contributed by atoms with Gasteiger partial charge >= 0.3 is 0 Å². The van der Waals surface area contributed by atoms with E-state index in [1.807, 2.05) is 18.1 Å². The molecule has 0 aliphatic carbocycles. The molecule has 6 aromatic rings. The first-order valence-corrected chi connectivity index (χ1v) is 14.2. The molecule has 42 heavy (non-hydrogen) atoms. The molecule has 0 N–H and O–H groups in total. The summed E-state index contributed by atoms with van der Waals surface area (Å²) in [6, 6.07) is 34.0. The maximum Gasteiger partial charge on any atom is 0.123 e. The van der Waals surface area contributed by atoms with Crippen molar-refractivity contribution in [3.63, 3.8) is 0 Å². The van der Waals surface area contributed by atoms with Crippen LogP contribution in [0.25, 0.3) is 45.0 Å². The summed E-state index contributed by atoms with van der Waals surface area (Å²) in [5, 5.41) is 8.67. The van der Waals surface area contributed by atoms with Crippen molar-refractivity contribution >= 4 is 11.4 Å². The summed E-state index contributed by atoms with van der Waals surface area (Å²) in [5.41, 5.74) is 14.2. The van der Waals surface area contributed by atoms with Crippen molar-refractivity contribution in [1.82, 2.24) is 24.5 Å². The molecule has 4 heterocycles. The molecule has 4 aromatic carbocycles. The first-order chi connectivity index (χ1) is 20.5. The topological polar surface area (TPSA) is 55.0 Å². The van der Waals surface area contributed by atoms with Gasteiger partial charge in [-0.05, 0) is 23.3 Å². The minimum absolute atomic E-state index is 0.873. The molecule has 8 rings (SSSR count). The fourth-order valence-electron chi connectivity index (χ4n) is 6.26. The molecule has 0 bridgehead atoms. The Hall–Kier alpha value is -5.17. The minimum Gasteiger partial charge on any atom is -0.370 e. The van der Waals surface area contributed by atoms with Crippen molar-refractivity contribution in [2.45, 2.75) is 13.1 Å². The zero-order valence-corrected chi connectivity index (χ0v) is 24.4. The van der Waals surface area contributed by atoms with E-state index in [1.165, 1.54) is 44.9 Å². The number of nitrogens with zero attached hydrogens (tertiary/aromatic N) is 7. The Balaban J connectivity index is 0.000000137. The fourth-order valence-corrected chi connectivity index (χ4v) is 6.26. The average molecular weight is 552 g/mol. The molecule has 0 amide bonds. The summed E-state index contributed by atoms with van der Waals surface area (Å²) in [5.74, 6) is 0. The van der Waals surface area contributed by atoms with Gasteiger partial charge in [-0.15, -0.1) is 5.10 Å². The van der Waals surface area contributed by atoms with Crippen molar-refractivity contribution in [2.75, 3.05) is 23.9 Å². The van der Waals surface area contributed by atoms with Crippen LogP contribution < -0.4 is 9.80 Å². The number of aromatic nitrogens is 5. The Kier molecular flexibility index (Phi) is 6.35. The molecule has 0 radical (unpaired) electrons. The first kappa shape index (κ1) is 25.8. The third kappa shape index (κ3) is 4.25. The van der Waals surface area contributed by atoms with Crippen molar-refractivity contribution < 1.29 is 0 Å². The predicted molar refractivity (Wildman–Crippen MR) is 170 cm³/mol. The summed E-state index contributed by atoms with van der Waals surface area (Å²) in [4.78, 5) is 9.25. The lowest BCUT2D eigenvalue weighted by Crippen LogP contribution is -2.19. The molecule has 0 unspecified atom stereocenters. The van der Waals surface area contributed by atoms with Crippen molar-refractivity contribution in [3.05, 3.63) is 115 Å². The van der Waals surface area contributed by atoms with Crippen molar-refractivity contribution in [2.24, 2.45) is 14.1 Å². The lowest BCUT2D eigenvalue weighted by atomic mass is 9.96. The van der Waals surface area contributed by atoms with Gasteiger partial charge in [0.25, 0.3) is 0 Å². The number of anilines is 2. The highest BCUT2D eigenvalue weighted by Gasteiger charge is 2.24. The number of imidazole rings is 1. The quantitative estimate of drug-likeness (QED) is 0.208. The van der Waals surface area contributed by atoms with E-state index in [1.54, 1.807) is 0 Å². The van der Waals surface area contributed by atoms with Gasteiger partial charge in [-0.3, -0.25) is 0 Å². The predicted octanol–water partition coefficient (Wildman–Crippen LogP) is 6.80. The van der Waals surface area contributed by atoms with Gasteiger partial charge < -0.3 is 14.4 Å². The van der Waals surface area contributed by atoms with Crippen LogP contribution in [0.5, 0.6) is 0 Å². The second kappa shape index (κ2) is 10.3. The molecule has 2 aliphatic heterocycles. The summed E-state index contributed by atoms with van der Waals surface area (Å²) in [6.45, 7) is 1.76. The fraction of sp³-hybridized carbons (Fsp3) is 0.171. The Bertz CT molecular complexity index is 1910. The van der Waals surface area contributed by atoms with E-state index in [-0.39, 0.29) is 0 Å². The van der Waals surface area contributed by atoms with Gasteiger partial charge in [0.05, 0.1) is 23.4 Å². The van der Waals surface area contributed by atoms with E-state index in [2.05, 4.69) is 148 Å². The van der Waals surface area contributed by atoms with Gasteiger partial charge in [0.2, 0.25) is 0 Å². The van der Waals surface area contributed by atoms with Crippen LogP contribution in [0.4, 0.5) is 11.4 Å². The molecule has 0 atom stereocenters. The molecular weight excluding hydrogens is 518 g/mol. The van der Waals surface area contributed by atoms with Gasteiger partial charge in [0.1, 0.15) is 5.69 Å². The minimum atomic E-state index is 0.873. The summed E-state index contributed by atoms with van der Waals surface area (Å²) in [7, 11) is 8.29. The number of hydrogen-bond acceptors (Lipinski definition) is 5. The van der Waals surface area contributed by atoms with Crippen LogP contribution in [0.1, 0.15) is 11.1 Å². The maximum atomic E-state index is 4.67. The lowest BCUT2D eigenvalue weighted by molar-refractivity contribution is 0.720. The highest BCUT2D eigenvalue weighted by Crippen LogP contribution is 2.41. The number of para-hydroxylation sites is 2. The zero-order chi connectivity index (χ0) is 28.8. The van der Waals surface area contributed by atoms with E-state index in [9.17, 15) is 0 Å². The standard InChI is InChI=1S/C18H17N3.C17H16N4/c1-20-11-13-7-3-4-8-14(13)17-18(21(2)12-19-17)15-9-5-6-10-16(15)20;1-20-11-12-7-3-4-8-13(12)17-16(18-19-21(17)2)14-9-5-6-10-15(14)20/h3-10,12H,11H2,1-2H3;3-10H,11H2,1-2H3. The number of hydrogen-bond donors (Lipinski definition) is 0. The van der Waals surface area contributed by atoms with Gasteiger partial charge in [-0.25, -0.2) is 9.67 Å². The average Bonchev–Trinajstić information content (AvgIpc) is 3.58.